The molecule has 0 heterocycles. The Kier molecular flexibility index (Phi) is 6.74. The lowest BCUT2D eigenvalue weighted by Crippen LogP contribution is -2.45. The second-order valence-electron chi connectivity index (χ2n) is 6.63. The van der Waals surface area contributed by atoms with E-state index in [9.17, 15) is 14.0 Å². The van der Waals surface area contributed by atoms with Crippen molar-refractivity contribution in [2.24, 2.45) is 0 Å². The number of methoxy groups -OCH3 is 1. The maximum Gasteiger partial charge on any atom is 0.328 e. The molecule has 148 valence electrons. The number of rotatable bonds is 7. The smallest absolute Gasteiger partial charge is 0.328 e. The average Bonchev–Trinajstić information content (AvgIpc) is 2.76. The molecule has 0 aliphatic rings. The second-order valence-corrected chi connectivity index (χ2v) is 6.63. The van der Waals surface area contributed by atoms with E-state index in [1.807, 2.05) is 60.7 Å². The van der Waals surface area contributed by atoms with E-state index < -0.39 is 23.7 Å². The average molecular weight is 391 g/mol. The summed E-state index contributed by atoms with van der Waals surface area (Å²) < 4.78 is 18.9. The topological polar surface area (TPSA) is 55.4 Å². The summed E-state index contributed by atoms with van der Waals surface area (Å²) in [5.41, 5.74) is 1.93. The van der Waals surface area contributed by atoms with Crippen molar-refractivity contribution in [1.29, 1.82) is 0 Å². The highest BCUT2D eigenvalue weighted by atomic mass is 19.1. The number of ether oxygens (including phenoxy) is 1. The quantitative estimate of drug-likeness (QED) is 0.623. The molecule has 29 heavy (non-hydrogen) atoms. The van der Waals surface area contributed by atoms with Crippen molar-refractivity contribution in [2.75, 3.05) is 7.11 Å². The van der Waals surface area contributed by atoms with Crippen LogP contribution >= 0.6 is 0 Å². The van der Waals surface area contributed by atoms with E-state index in [0.29, 0.717) is 5.56 Å². The molecule has 0 aromatic heterocycles. The summed E-state index contributed by atoms with van der Waals surface area (Å²) in [5.74, 6) is -2.01. The van der Waals surface area contributed by atoms with Gasteiger partial charge in [-0.05, 0) is 22.8 Å². The molecule has 3 aromatic carbocycles. The van der Waals surface area contributed by atoms with Crippen molar-refractivity contribution in [1.82, 2.24) is 5.32 Å². The molecule has 0 unspecified atom stereocenters. The van der Waals surface area contributed by atoms with E-state index in [1.165, 1.54) is 13.2 Å². The number of carbonyl (C=O) groups is 2. The van der Waals surface area contributed by atoms with Crippen LogP contribution in [0.4, 0.5) is 4.39 Å². The maximum absolute atomic E-state index is 14.1. The predicted octanol–water partition coefficient (Wildman–Crippen LogP) is 3.86. The lowest BCUT2D eigenvalue weighted by molar-refractivity contribution is -0.145. The van der Waals surface area contributed by atoms with E-state index in [0.717, 1.165) is 11.1 Å². The Morgan fingerprint density at radius 2 is 1.38 bits per heavy atom. The first-order chi connectivity index (χ1) is 14.1. The highest BCUT2D eigenvalue weighted by molar-refractivity contribution is 5.91. The molecule has 3 aromatic rings. The van der Waals surface area contributed by atoms with Crippen LogP contribution in [0.25, 0.3) is 0 Å². The summed E-state index contributed by atoms with van der Waals surface area (Å²) in [6, 6.07) is 23.8. The third kappa shape index (κ3) is 5.08. The molecule has 0 radical (unpaired) electrons. The van der Waals surface area contributed by atoms with Gasteiger partial charge in [0.05, 0.1) is 13.0 Å². The lowest BCUT2D eigenvalue weighted by atomic mass is 9.90. The molecule has 0 aliphatic heterocycles. The van der Waals surface area contributed by atoms with Crippen molar-refractivity contribution in [3.05, 3.63) is 107 Å². The van der Waals surface area contributed by atoms with Gasteiger partial charge in [0.25, 0.3) is 0 Å². The molecule has 0 bridgehead atoms. The molecule has 0 spiro atoms. The second kappa shape index (κ2) is 9.64. The Morgan fingerprint density at radius 1 is 0.862 bits per heavy atom. The van der Waals surface area contributed by atoms with E-state index in [4.69, 9.17) is 4.74 Å². The minimum atomic E-state index is -1.00. The van der Waals surface area contributed by atoms with E-state index in [-0.39, 0.29) is 12.3 Å². The molecule has 3 rings (SSSR count). The standard InChI is InChI=1S/C24H22FNO3/c1-29-24(28)21(16-19-14-8-9-15-20(19)25)26-23(27)22(17-10-4-2-5-11-17)18-12-6-3-7-13-18/h2-15,21-22H,16H2,1H3,(H,26,27)/t21-/m1/s1. The number of nitrogens with one attached hydrogen (secondary N) is 1. The molecule has 0 fully saturated rings. The summed E-state index contributed by atoms with van der Waals surface area (Å²) in [4.78, 5) is 25.5. The summed E-state index contributed by atoms with van der Waals surface area (Å²) in [5, 5.41) is 2.76. The number of hydrogen-bond acceptors (Lipinski definition) is 3. The number of hydrogen-bond donors (Lipinski definition) is 1. The van der Waals surface area contributed by atoms with Crippen LogP contribution < -0.4 is 5.32 Å². The fraction of sp³-hybridized carbons (Fsp3) is 0.167. The molecule has 1 amide bonds. The third-order valence-corrected chi connectivity index (χ3v) is 4.71. The molecule has 4 nitrogen and oxygen atoms in total. The van der Waals surface area contributed by atoms with Gasteiger partial charge in [-0.3, -0.25) is 4.79 Å². The fourth-order valence-corrected chi connectivity index (χ4v) is 3.26. The first kappa shape index (κ1) is 20.3. The van der Waals surface area contributed by atoms with E-state index in [2.05, 4.69) is 5.32 Å². The largest absolute Gasteiger partial charge is 0.467 e. The monoisotopic (exact) mass is 391 g/mol. The van der Waals surface area contributed by atoms with Gasteiger partial charge in [-0.15, -0.1) is 0 Å². The molecule has 0 aliphatic carbocycles. The predicted molar refractivity (Wildman–Crippen MR) is 109 cm³/mol. The van der Waals surface area contributed by atoms with Gasteiger partial charge in [0.1, 0.15) is 11.9 Å². The first-order valence-electron chi connectivity index (χ1n) is 9.31. The van der Waals surface area contributed by atoms with Crippen LogP contribution in [0.3, 0.4) is 0 Å². The van der Waals surface area contributed by atoms with Crippen molar-refractivity contribution < 1.29 is 18.7 Å². The Labute approximate surface area is 169 Å². The lowest BCUT2D eigenvalue weighted by Gasteiger charge is -2.22. The van der Waals surface area contributed by atoms with Gasteiger partial charge in [-0.25, -0.2) is 9.18 Å². The Bertz CT molecular complexity index is 921. The zero-order valence-corrected chi connectivity index (χ0v) is 16.0. The van der Waals surface area contributed by atoms with Gasteiger partial charge >= 0.3 is 5.97 Å². The number of carbonyl (C=O) groups excluding carboxylic acids is 2. The number of halogens is 1. The zero-order chi connectivity index (χ0) is 20.6. The highest BCUT2D eigenvalue weighted by Gasteiger charge is 2.29. The number of esters is 1. The molecule has 1 N–H and O–H groups in total. The van der Waals surface area contributed by atoms with Gasteiger partial charge in [0.15, 0.2) is 0 Å². The van der Waals surface area contributed by atoms with E-state index in [1.54, 1.807) is 18.2 Å². The highest BCUT2D eigenvalue weighted by Crippen LogP contribution is 2.25. The molecular weight excluding hydrogens is 369 g/mol. The van der Waals surface area contributed by atoms with Crippen LogP contribution in [0, 0.1) is 5.82 Å². The van der Waals surface area contributed by atoms with E-state index >= 15 is 0 Å². The minimum absolute atomic E-state index is 0.00138. The van der Waals surface area contributed by atoms with Crippen molar-refractivity contribution in [2.45, 2.75) is 18.4 Å². The molecule has 0 saturated carbocycles. The van der Waals surface area contributed by atoms with Crippen molar-refractivity contribution in [3.8, 4) is 0 Å². The molecular formula is C24H22FNO3. The first-order valence-corrected chi connectivity index (χ1v) is 9.31. The van der Waals surface area contributed by atoms with Gasteiger partial charge < -0.3 is 10.1 Å². The van der Waals surface area contributed by atoms with Crippen LogP contribution in [0.1, 0.15) is 22.6 Å². The molecule has 1 atom stereocenters. The SMILES string of the molecule is COC(=O)[C@@H](Cc1ccccc1F)NC(=O)C(c1ccccc1)c1ccccc1. The Hall–Kier alpha value is -3.47. The van der Waals surface area contributed by atoms with Gasteiger partial charge in [0.2, 0.25) is 5.91 Å². The fourth-order valence-electron chi connectivity index (χ4n) is 3.26. The Balaban J connectivity index is 1.89. The van der Waals surface area contributed by atoms with Crippen LogP contribution in [-0.4, -0.2) is 25.0 Å². The van der Waals surface area contributed by atoms with Crippen LogP contribution in [0.5, 0.6) is 0 Å². The van der Waals surface area contributed by atoms with Gasteiger partial charge in [0, 0.05) is 6.42 Å². The molecule has 0 saturated heterocycles. The third-order valence-electron chi connectivity index (χ3n) is 4.71. The zero-order valence-electron chi connectivity index (χ0n) is 16.0. The maximum atomic E-state index is 14.1. The van der Waals surface area contributed by atoms with Crippen LogP contribution in [0.2, 0.25) is 0 Å². The van der Waals surface area contributed by atoms with Crippen LogP contribution in [-0.2, 0) is 20.7 Å². The van der Waals surface area contributed by atoms with Crippen molar-refractivity contribution in [3.63, 3.8) is 0 Å². The van der Waals surface area contributed by atoms with Gasteiger partial charge in [-0.1, -0.05) is 78.9 Å². The van der Waals surface area contributed by atoms with Crippen molar-refractivity contribution >= 4 is 11.9 Å². The summed E-state index contributed by atoms with van der Waals surface area (Å²) >= 11 is 0. The minimum Gasteiger partial charge on any atom is -0.467 e. The summed E-state index contributed by atoms with van der Waals surface area (Å²) in [6.07, 6.45) is 0.00138. The van der Waals surface area contributed by atoms with Gasteiger partial charge in [-0.2, -0.15) is 0 Å². The molecule has 5 heteroatoms. The normalized spacial score (nSPS) is 11.7. The Morgan fingerprint density at radius 3 is 1.90 bits per heavy atom. The van der Waals surface area contributed by atoms with Crippen LogP contribution in [0.15, 0.2) is 84.9 Å². The number of benzene rings is 3. The summed E-state index contributed by atoms with van der Waals surface area (Å²) in [6.45, 7) is 0. The number of amides is 1. The summed E-state index contributed by atoms with van der Waals surface area (Å²) in [7, 11) is 1.24.